The maximum atomic E-state index is 11.7. The number of hydrogen-bond acceptors (Lipinski definition) is 3. The van der Waals surface area contributed by atoms with Gasteiger partial charge in [-0.05, 0) is 24.4 Å². The largest absolute Gasteiger partial charge is 0.345 e. The predicted octanol–water partition coefficient (Wildman–Crippen LogP) is 1.32. The zero-order chi connectivity index (χ0) is 14.4. The van der Waals surface area contributed by atoms with E-state index in [1.54, 1.807) is 0 Å². The summed E-state index contributed by atoms with van der Waals surface area (Å²) in [6, 6.07) is 10.6. The molecular formula is C16H25N3O. The molecule has 2 rings (SSSR count). The van der Waals surface area contributed by atoms with E-state index in [4.69, 9.17) is 5.73 Å². The smallest absolute Gasteiger partial charge is 0.223 e. The van der Waals surface area contributed by atoms with Crippen molar-refractivity contribution >= 4 is 5.91 Å². The average molecular weight is 275 g/mol. The van der Waals surface area contributed by atoms with Crippen molar-refractivity contribution in [2.75, 3.05) is 33.2 Å². The fourth-order valence-corrected chi connectivity index (χ4v) is 2.85. The van der Waals surface area contributed by atoms with Gasteiger partial charge in [0, 0.05) is 39.6 Å². The molecule has 0 aliphatic carbocycles. The number of amides is 1. The van der Waals surface area contributed by atoms with E-state index in [9.17, 15) is 4.79 Å². The Morgan fingerprint density at radius 3 is 2.85 bits per heavy atom. The van der Waals surface area contributed by atoms with E-state index in [2.05, 4.69) is 29.2 Å². The molecular weight excluding hydrogens is 250 g/mol. The molecule has 1 heterocycles. The summed E-state index contributed by atoms with van der Waals surface area (Å²) in [7, 11) is 1.89. The Labute approximate surface area is 121 Å². The van der Waals surface area contributed by atoms with Crippen LogP contribution in [-0.2, 0) is 11.3 Å². The van der Waals surface area contributed by atoms with Crippen LogP contribution in [-0.4, -0.2) is 48.9 Å². The second-order valence-electron chi connectivity index (χ2n) is 5.69. The molecule has 20 heavy (non-hydrogen) atoms. The van der Waals surface area contributed by atoms with Crippen molar-refractivity contribution in [1.82, 2.24) is 9.80 Å². The molecule has 1 aromatic rings. The van der Waals surface area contributed by atoms with E-state index in [0.29, 0.717) is 18.9 Å². The Bertz CT molecular complexity index is 421. The maximum Gasteiger partial charge on any atom is 0.223 e. The third kappa shape index (κ3) is 4.32. The van der Waals surface area contributed by atoms with E-state index in [0.717, 1.165) is 26.2 Å². The third-order valence-corrected chi connectivity index (χ3v) is 3.93. The molecule has 1 atom stereocenters. The molecule has 0 bridgehead atoms. The summed E-state index contributed by atoms with van der Waals surface area (Å²) in [6.07, 6.45) is 1.63. The van der Waals surface area contributed by atoms with Gasteiger partial charge in [-0.3, -0.25) is 9.69 Å². The normalized spacial score (nSPS) is 19.2. The number of benzene rings is 1. The monoisotopic (exact) mass is 275 g/mol. The number of likely N-dealkylation sites (tertiary alicyclic amines) is 1. The molecule has 4 nitrogen and oxygen atoms in total. The first-order valence-electron chi connectivity index (χ1n) is 7.39. The predicted molar refractivity (Wildman–Crippen MR) is 81.1 cm³/mol. The summed E-state index contributed by atoms with van der Waals surface area (Å²) >= 11 is 0. The summed E-state index contributed by atoms with van der Waals surface area (Å²) in [5.41, 5.74) is 6.79. The van der Waals surface area contributed by atoms with Crippen molar-refractivity contribution in [1.29, 1.82) is 0 Å². The number of carbonyl (C=O) groups excluding carboxylic acids is 1. The van der Waals surface area contributed by atoms with Crippen molar-refractivity contribution < 1.29 is 4.79 Å². The van der Waals surface area contributed by atoms with Crippen LogP contribution in [0.2, 0.25) is 0 Å². The molecule has 1 amide bonds. The summed E-state index contributed by atoms with van der Waals surface area (Å²) in [6.45, 7) is 4.50. The molecule has 0 saturated carbocycles. The quantitative estimate of drug-likeness (QED) is 0.852. The lowest BCUT2D eigenvalue weighted by molar-refractivity contribution is -0.130. The molecule has 1 aromatic carbocycles. The molecule has 0 radical (unpaired) electrons. The van der Waals surface area contributed by atoms with Crippen LogP contribution in [0.15, 0.2) is 30.3 Å². The van der Waals surface area contributed by atoms with E-state index in [-0.39, 0.29) is 5.91 Å². The maximum absolute atomic E-state index is 11.7. The van der Waals surface area contributed by atoms with Crippen molar-refractivity contribution in [3.05, 3.63) is 35.9 Å². The molecule has 1 fully saturated rings. The summed E-state index contributed by atoms with van der Waals surface area (Å²) in [5.74, 6) is 0.749. The van der Waals surface area contributed by atoms with Gasteiger partial charge >= 0.3 is 0 Å². The standard InChI is InChI=1S/C16H25N3O/c1-18(16(20)7-9-17)11-15-8-10-19(13-15)12-14-5-3-2-4-6-14/h2-6,15H,7-13,17H2,1H3. The van der Waals surface area contributed by atoms with Gasteiger partial charge in [0.2, 0.25) is 5.91 Å². The number of carbonyl (C=O) groups is 1. The van der Waals surface area contributed by atoms with E-state index in [1.807, 2.05) is 18.0 Å². The Morgan fingerprint density at radius 1 is 1.40 bits per heavy atom. The highest BCUT2D eigenvalue weighted by Crippen LogP contribution is 2.19. The van der Waals surface area contributed by atoms with Crippen LogP contribution < -0.4 is 5.73 Å². The highest BCUT2D eigenvalue weighted by molar-refractivity contribution is 5.76. The lowest BCUT2D eigenvalue weighted by Crippen LogP contribution is -2.34. The number of nitrogens with zero attached hydrogens (tertiary/aromatic N) is 2. The molecule has 4 heteroatoms. The lowest BCUT2D eigenvalue weighted by Gasteiger charge is -2.21. The molecule has 110 valence electrons. The van der Waals surface area contributed by atoms with Gasteiger partial charge in [-0.1, -0.05) is 30.3 Å². The molecule has 1 aliphatic rings. The Balaban J connectivity index is 1.76. The first kappa shape index (κ1) is 15.0. The van der Waals surface area contributed by atoms with Crippen LogP contribution in [0.4, 0.5) is 0 Å². The molecule has 1 saturated heterocycles. The summed E-state index contributed by atoms with van der Waals surface area (Å²) < 4.78 is 0. The molecule has 2 N–H and O–H groups in total. The van der Waals surface area contributed by atoms with Gasteiger partial charge in [0.1, 0.15) is 0 Å². The minimum atomic E-state index is 0.161. The Kier molecular flexibility index (Phi) is 5.56. The van der Waals surface area contributed by atoms with E-state index < -0.39 is 0 Å². The third-order valence-electron chi connectivity index (χ3n) is 3.93. The highest BCUT2D eigenvalue weighted by atomic mass is 16.2. The minimum absolute atomic E-state index is 0.161. The first-order chi connectivity index (χ1) is 9.69. The fraction of sp³-hybridized carbons (Fsp3) is 0.562. The van der Waals surface area contributed by atoms with Crippen LogP contribution >= 0.6 is 0 Å². The molecule has 1 unspecified atom stereocenters. The molecule has 1 aliphatic heterocycles. The molecule has 0 aromatic heterocycles. The number of rotatable bonds is 6. The van der Waals surface area contributed by atoms with Crippen molar-refractivity contribution in [3.8, 4) is 0 Å². The first-order valence-corrected chi connectivity index (χ1v) is 7.39. The second kappa shape index (κ2) is 7.41. The van der Waals surface area contributed by atoms with Gasteiger partial charge < -0.3 is 10.6 Å². The van der Waals surface area contributed by atoms with Gasteiger partial charge in [0.15, 0.2) is 0 Å². The van der Waals surface area contributed by atoms with Crippen LogP contribution in [0.1, 0.15) is 18.4 Å². The van der Waals surface area contributed by atoms with Gasteiger partial charge in [0.25, 0.3) is 0 Å². The fourth-order valence-electron chi connectivity index (χ4n) is 2.85. The SMILES string of the molecule is CN(CC1CCN(Cc2ccccc2)C1)C(=O)CCN. The van der Waals surface area contributed by atoms with E-state index >= 15 is 0 Å². The minimum Gasteiger partial charge on any atom is -0.345 e. The van der Waals surface area contributed by atoms with E-state index in [1.165, 1.54) is 12.0 Å². The highest BCUT2D eigenvalue weighted by Gasteiger charge is 2.24. The van der Waals surface area contributed by atoms with Gasteiger partial charge in [-0.25, -0.2) is 0 Å². The van der Waals surface area contributed by atoms with Crippen molar-refractivity contribution in [2.45, 2.75) is 19.4 Å². The van der Waals surface area contributed by atoms with Gasteiger partial charge in [-0.15, -0.1) is 0 Å². The lowest BCUT2D eigenvalue weighted by atomic mass is 10.1. The number of nitrogens with two attached hydrogens (primary N) is 1. The average Bonchev–Trinajstić information content (AvgIpc) is 2.87. The van der Waals surface area contributed by atoms with Gasteiger partial charge in [0.05, 0.1) is 0 Å². The van der Waals surface area contributed by atoms with Crippen LogP contribution in [0, 0.1) is 5.92 Å². The van der Waals surface area contributed by atoms with Crippen LogP contribution in [0.5, 0.6) is 0 Å². The number of hydrogen-bond donors (Lipinski definition) is 1. The summed E-state index contributed by atoms with van der Waals surface area (Å²) in [4.78, 5) is 16.0. The zero-order valence-corrected chi connectivity index (χ0v) is 12.3. The summed E-state index contributed by atoms with van der Waals surface area (Å²) in [5, 5.41) is 0. The topological polar surface area (TPSA) is 49.6 Å². The Hall–Kier alpha value is -1.39. The van der Waals surface area contributed by atoms with Crippen molar-refractivity contribution in [2.24, 2.45) is 11.7 Å². The van der Waals surface area contributed by atoms with Crippen LogP contribution in [0.25, 0.3) is 0 Å². The Morgan fingerprint density at radius 2 is 2.15 bits per heavy atom. The zero-order valence-electron chi connectivity index (χ0n) is 12.3. The van der Waals surface area contributed by atoms with Crippen molar-refractivity contribution in [3.63, 3.8) is 0 Å². The van der Waals surface area contributed by atoms with Crippen LogP contribution in [0.3, 0.4) is 0 Å². The second-order valence-corrected chi connectivity index (χ2v) is 5.69. The van der Waals surface area contributed by atoms with Gasteiger partial charge in [-0.2, -0.15) is 0 Å². The molecule has 0 spiro atoms.